The van der Waals surface area contributed by atoms with Gasteiger partial charge in [-0.05, 0) is 6.92 Å². The van der Waals surface area contributed by atoms with E-state index in [1.807, 2.05) is 5.92 Å². The van der Waals surface area contributed by atoms with E-state index in [-0.39, 0.29) is 5.82 Å². The monoisotopic (exact) mass is 553 g/mol. The van der Waals surface area contributed by atoms with Crippen LogP contribution in [0.5, 0.6) is 0 Å². The normalized spacial score (nSPS) is 29.5. The number of aliphatic hydroxyl groups is 1. The summed E-state index contributed by atoms with van der Waals surface area (Å²) in [7, 11) is -17.1. The fourth-order valence-corrected chi connectivity index (χ4v) is 5.99. The van der Waals surface area contributed by atoms with Gasteiger partial charge in [-0.25, -0.2) is 22.9 Å². The Hall–Kier alpha value is -1.61. The number of anilines is 1. The quantitative estimate of drug-likeness (QED) is 0.134. The molecule has 192 valence electrons. The highest BCUT2D eigenvalue weighted by atomic mass is 31.3. The third-order valence-corrected chi connectivity index (χ3v) is 7.93. The molecule has 2 rings (SSSR count). The molecular formula is C12H19FN5O13P3. The van der Waals surface area contributed by atoms with Crippen LogP contribution in [0.1, 0.15) is 13.2 Å². The van der Waals surface area contributed by atoms with Crippen LogP contribution in [0.15, 0.2) is 11.0 Å². The van der Waals surface area contributed by atoms with E-state index < -0.39 is 65.9 Å². The number of nitrogens with two attached hydrogens (primary N) is 2. The second kappa shape index (κ2) is 10.2. The zero-order valence-corrected chi connectivity index (χ0v) is 19.5. The second-order valence-corrected chi connectivity index (χ2v) is 10.9. The van der Waals surface area contributed by atoms with Gasteiger partial charge >= 0.3 is 29.2 Å². The van der Waals surface area contributed by atoms with Crippen molar-refractivity contribution in [2.45, 2.75) is 37.0 Å². The SMILES string of the molecule is C[C@H](OP(=O)(O)OP(=O)(O)OP(=O)(O)O)[C@H]1O[C@@H](n2ncc(N)nc2=O)[C@@](N)(C#CCF)C1O. The third kappa shape index (κ3) is 6.97. The number of phosphoric ester groups is 1. The lowest BCUT2D eigenvalue weighted by Gasteiger charge is -2.27. The first-order valence-corrected chi connectivity index (χ1v) is 13.1. The molecular weight excluding hydrogens is 534 g/mol. The Morgan fingerprint density at radius 3 is 2.44 bits per heavy atom. The van der Waals surface area contributed by atoms with Crippen LogP contribution >= 0.6 is 23.5 Å². The summed E-state index contributed by atoms with van der Waals surface area (Å²) in [5.74, 6) is 3.84. The summed E-state index contributed by atoms with van der Waals surface area (Å²) in [6, 6.07) is 0. The van der Waals surface area contributed by atoms with Crippen LogP contribution < -0.4 is 17.2 Å². The van der Waals surface area contributed by atoms with Gasteiger partial charge in [0.15, 0.2) is 11.8 Å². The average Bonchev–Trinajstić information content (AvgIpc) is 2.88. The van der Waals surface area contributed by atoms with Crippen molar-refractivity contribution in [2.24, 2.45) is 5.73 Å². The number of hydrogen-bond acceptors (Lipinski definition) is 13. The molecule has 34 heavy (non-hydrogen) atoms. The Balaban J connectivity index is 2.34. The number of halogens is 1. The van der Waals surface area contributed by atoms with E-state index >= 15 is 0 Å². The number of aromatic nitrogens is 3. The van der Waals surface area contributed by atoms with Crippen molar-refractivity contribution in [2.75, 3.05) is 12.4 Å². The van der Waals surface area contributed by atoms with E-state index in [2.05, 4.69) is 29.1 Å². The highest BCUT2D eigenvalue weighted by Crippen LogP contribution is 2.66. The van der Waals surface area contributed by atoms with E-state index in [0.717, 1.165) is 13.1 Å². The molecule has 0 spiro atoms. The molecule has 0 saturated carbocycles. The summed E-state index contributed by atoms with van der Waals surface area (Å²) in [6.07, 6.45) is -6.30. The molecule has 0 bridgehead atoms. The fourth-order valence-electron chi connectivity index (χ4n) is 2.79. The lowest BCUT2D eigenvalue weighted by molar-refractivity contribution is -0.0793. The van der Waals surface area contributed by atoms with Crippen LogP contribution in [0.2, 0.25) is 0 Å². The zero-order chi connectivity index (χ0) is 26.1. The average molecular weight is 553 g/mol. The standard InChI is InChI=1S/C12H19FN5O13P3/c1-6(29-33(24,25)31-34(26,27)30-32(21,22)23)8-9(19)12(15,3-2-4-13)10(28-8)18-11(20)17-7(14)5-16-18/h5-6,8-10,19H,4,15H2,1H3,(H,24,25)(H,26,27)(H2,14,17,20)(H2,21,22,23)/t6-,8+,9?,10+,12+/m0/s1. The molecule has 0 radical (unpaired) electrons. The first-order valence-electron chi connectivity index (χ1n) is 8.63. The van der Waals surface area contributed by atoms with Crippen molar-refractivity contribution in [3.63, 3.8) is 0 Å². The number of rotatable bonds is 8. The van der Waals surface area contributed by atoms with Crippen LogP contribution in [0.25, 0.3) is 0 Å². The van der Waals surface area contributed by atoms with E-state index in [4.69, 9.17) is 26.0 Å². The summed E-state index contributed by atoms with van der Waals surface area (Å²) < 4.78 is 64.6. The van der Waals surface area contributed by atoms with Gasteiger partial charge in [0.2, 0.25) is 0 Å². The molecule has 1 fully saturated rings. The van der Waals surface area contributed by atoms with Gasteiger partial charge in [-0.1, -0.05) is 11.8 Å². The highest BCUT2D eigenvalue weighted by molar-refractivity contribution is 7.66. The Labute approximate surface area is 189 Å². The Morgan fingerprint density at radius 1 is 1.29 bits per heavy atom. The van der Waals surface area contributed by atoms with E-state index in [1.165, 1.54) is 0 Å². The number of nitrogens with zero attached hydrogens (tertiary/aromatic N) is 3. The molecule has 2 heterocycles. The van der Waals surface area contributed by atoms with Gasteiger partial charge in [0.05, 0.1) is 12.3 Å². The van der Waals surface area contributed by atoms with Crippen LogP contribution in [0.3, 0.4) is 0 Å². The lowest BCUT2D eigenvalue weighted by Crippen LogP contribution is -2.56. The summed E-state index contributed by atoms with van der Waals surface area (Å²) in [5, 5.41) is 14.3. The molecule has 1 aromatic rings. The predicted molar refractivity (Wildman–Crippen MR) is 106 cm³/mol. The second-order valence-electron chi connectivity index (χ2n) is 6.58. The Bertz CT molecular complexity index is 1180. The molecule has 7 atom stereocenters. The number of ether oxygens (including phenoxy) is 1. The topological polar surface area (TPSA) is 289 Å². The minimum absolute atomic E-state index is 0.283. The van der Waals surface area contributed by atoms with Gasteiger partial charge < -0.3 is 40.9 Å². The number of hydrogen-bond donors (Lipinski definition) is 7. The molecule has 1 saturated heterocycles. The zero-order valence-electron chi connectivity index (χ0n) is 16.8. The van der Waals surface area contributed by atoms with E-state index in [9.17, 15) is 37.8 Å². The molecule has 1 aromatic heterocycles. The van der Waals surface area contributed by atoms with Gasteiger partial charge in [-0.3, -0.25) is 4.52 Å². The fraction of sp³-hybridized carbons (Fsp3) is 0.583. The molecule has 3 unspecified atom stereocenters. The van der Waals surface area contributed by atoms with Crippen LogP contribution in [0, 0.1) is 11.8 Å². The van der Waals surface area contributed by atoms with Crippen molar-refractivity contribution in [3.05, 3.63) is 16.7 Å². The van der Waals surface area contributed by atoms with Gasteiger partial charge in [-0.2, -0.15) is 23.4 Å². The molecule has 18 nitrogen and oxygen atoms in total. The van der Waals surface area contributed by atoms with Crippen molar-refractivity contribution in [1.82, 2.24) is 14.8 Å². The Morgan fingerprint density at radius 2 is 1.91 bits per heavy atom. The summed E-state index contributed by atoms with van der Waals surface area (Å²) >= 11 is 0. The minimum atomic E-state index is -5.82. The molecule has 0 amide bonds. The number of phosphoric acid groups is 3. The van der Waals surface area contributed by atoms with Crippen LogP contribution in [-0.2, 0) is 31.6 Å². The van der Waals surface area contributed by atoms with E-state index in [0.29, 0.717) is 4.68 Å². The van der Waals surface area contributed by atoms with Gasteiger partial charge in [0.1, 0.15) is 24.7 Å². The minimum Gasteiger partial charge on any atom is -0.387 e. The van der Waals surface area contributed by atoms with Crippen LogP contribution in [-0.4, -0.2) is 70.0 Å². The largest absolute Gasteiger partial charge is 0.490 e. The Kier molecular flexibility index (Phi) is 8.56. The van der Waals surface area contributed by atoms with Crippen molar-refractivity contribution in [1.29, 1.82) is 0 Å². The lowest BCUT2D eigenvalue weighted by atomic mass is 9.90. The maximum atomic E-state index is 12.7. The number of nitrogen functional groups attached to an aromatic ring is 1. The number of aliphatic hydroxyl groups excluding tert-OH is 1. The van der Waals surface area contributed by atoms with Crippen molar-refractivity contribution >= 4 is 29.3 Å². The highest BCUT2D eigenvalue weighted by Gasteiger charge is 2.58. The maximum Gasteiger partial charge on any atom is 0.490 e. The van der Waals surface area contributed by atoms with Gasteiger partial charge in [-0.15, -0.1) is 0 Å². The molecule has 1 aliphatic rings. The van der Waals surface area contributed by atoms with Gasteiger partial charge in [0.25, 0.3) is 0 Å². The molecule has 9 N–H and O–H groups in total. The smallest absolute Gasteiger partial charge is 0.387 e. The molecule has 0 aromatic carbocycles. The number of alkyl halides is 1. The first-order chi connectivity index (χ1) is 15.4. The molecule has 1 aliphatic heterocycles. The third-order valence-electron chi connectivity index (χ3n) is 4.00. The van der Waals surface area contributed by atoms with Crippen molar-refractivity contribution in [3.8, 4) is 11.8 Å². The summed E-state index contributed by atoms with van der Waals surface area (Å²) in [4.78, 5) is 51.6. The van der Waals surface area contributed by atoms with Crippen molar-refractivity contribution < 1.29 is 60.6 Å². The summed E-state index contributed by atoms with van der Waals surface area (Å²) in [5.41, 5.74) is 8.03. The maximum absolute atomic E-state index is 12.7. The van der Waals surface area contributed by atoms with Crippen LogP contribution in [0.4, 0.5) is 10.2 Å². The van der Waals surface area contributed by atoms with E-state index in [1.54, 1.807) is 0 Å². The predicted octanol–water partition coefficient (Wildman–Crippen LogP) is -2.12. The molecule has 22 heteroatoms. The van der Waals surface area contributed by atoms with Gasteiger partial charge in [0, 0.05) is 0 Å². The first kappa shape index (κ1) is 28.6. The summed E-state index contributed by atoms with van der Waals surface area (Å²) in [6.45, 7) is -0.239. The molecule has 0 aliphatic carbocycles.